The molecule has 0 aliphatic heterocycles. The van der Waals surface area contributed by atoms with Crippen molar-refractivity contribution < 1.29 is 8.60 Å². The van der Waals surface area contributed by atoms with Crippen LogP contribution in [0.5, 0.6) is 0 Å². The van der Waals surface area contributed by atoms with Crippen LogP contribution in [0.4, 0.5) is 4.39 Å². The van der Waals surface area contributed by atoms with E-state index in [9.17, 15) is 8.60 Å². The molecule has 25 heavy (non-hydrogen) atoms. The van der Waals surface area contributed by atoms with Gasteiger partial charge in [-0.05, 0) is 50.6 Å². The van der Waals surface area contributed by atoms with Gasteiger partial charge in [0.1, 0.15) is 11.1 Å². The Morgan fingerprint density at radius 1 is 0.880 bits per heavy atom. The van der Waals surface area contributed by atoms with Crippen LogP contribution in [0.1, 0.15) is 33.2 Å². The fourth-order valence-electron chi connectivity index (χ4n) is 2.69. The molecule has 0 saturated carbocycles. The lowest BCUT2D eigenvalue weighted by atomic mass is 10.0. The summed E-state index contributed by atoms with van der Waals surface area (Å²) in [6.45, 7) is 5.82. The molecule has 1 aromatic heterocycles. The number of rotatable bonds is 4. The van der Waals surface area contributed by atoms with Crippen LogP contribution in [-0.4, -0.2) is 9.19 Å². The Morgan fingerprint density at radius 3 is 2.16 bits per heavy atom. The van der Waals surface area contributed by atoms with Gasteiger partial charge >= 0.3 is 0 Å². The molecule has 0 amide bonds. The topological polar surface area (TPSA) is 30.0 Å². The summed E-state index contributed by atoms with van der Waals surface area (Å²) in [7, 11) is -1.46. The molecule has 1 heterocycles. The number of aryl methyl sites for hydroxylation is 3. The highest BCUT2D eigenvalue weighted by atomic mass is 32.2. The van der Waals surface area contributed by atoms with E-state index in [4.69, 9.17) is 0 Å². The van der Waals surface area contributed by atoms with Crippen LogP contribution in [0.15, 0.2) is 65.7 Å². The summed E-state index contributed by atoms with van der Waals surface area (Å²) in [6, 6.07) is 16.1. The summed E-state index contributed by atoms with van der Waals surface area (Å²) >= 11 is 0. The molecule has 0 fully saturated rings. The molecule has 0 aliphatic carbocycles. The van der Waals surface area contributed by atoms with Crippen molar-refractivity contribution in [1.29, 1.82) is 0 Å². The number of aromatic nitrogens is 1. The lowest BCUT2D eigenvalue weighted by molar-refractivity contribution is 0.607. The molecule has 4 heteroatoms. The van der Waals surface area contributed by atoms with Gasteiger partial charge in [-0.25, -0.2) is 4.39 Å². The standard InChI is InChI=1S/C21H20FNOS/c1-14-4-8-17(9-5-14)25(24)21(20-11-7-16(3)13-23-20)18-12-15(2)6-10-19(18)22/h4-13,21H,1-3H3. The lowest BCUT2D eigenvalue weighted by Crippen LogP contribution is -2.13. The zero-order valence-electron chi connectivity index (χ0n) is 14.5. The minimum absolute atomic E-state index is 0.363. The number of pyridine rings is 1. The first-order chi connectivity index (χ1) is 12.0. The van der Waals surface area contributed by atoms with E-state index in [-0.39, 0.29) is 5.82 Å². The SMILES string of the molecule is Cc1ccc(S(=O)C(c2ccc(C)cn2)c2cc(C)ccc2F)cc1. The molecular weight excluding hydrogens is 333 g/mol. The summed E-state index contributed by atoms with van der Waals surface area (Å²) in [4.78, 5) is 5.10. The van der Waals surface area contributed by atoms with E-state index < -0.39 is 16.0 Å². The van der Waals surface area contributed by atoms with Crippen LogP contribution in [-0.2, 0) is 10.8 Å². The molecular formula is C21H20FNOS. The third kappa shape index (κ3) is 3.85. The largest absolute Gasteiger partial charge is 0.259 e. The van der Waals surface area contributed by atoms with Gasteiger partial charge in [-0.15, -0.1) is 0 Å². The lowest BCUT2D eigenvalue weighted by Gasteiger charge is -2.18. The Kier molecular flexibility index (Phi) is 5.09. The van der Waals surface area contributed by atoms with Crippen LogP contribution in [0.25, 0.3) is 0 Å². The summed E-state index contributed by atoms with van der Waals surface area (Å²) in [5.41, 5.74) is 4.04. The second-order valence-electron chi connectivity index (χ2n) is 6.28. The Balaban J connectivity index is 2.14. The third-order valence-electron chi connectivity index (χ3n) is 4.10. The molecule has 0 radical (unpaired) electrons. The highest BCUT2D eigenvalue weighted by Crippen LogP contribution is 2.33. The molecule has 3 rings (SSSR count). The molecule has 128 valence electrons. The maximum atomic E-state index is 14.6. The van der Waals surface area contributed by atoms with Crippen molar-refractivity contribution in [1.82, 2.24) is 4.98 Å². The van der Waals surface area contributed by atoms with E-state index in [0.717, 1.165) is 16.7 Å². The second-order valence-corrected chi connectivity index (χ2v) is 7.81. The highest BCUT2D eigenvalue weighted by Gasteiger charge is 2.27. The predicted molar refractivity (Wildman–Crippen MR) is 99.5 cm³/mol. The zero-order valence-corrected chi connectivity index (χ0v) is 15.3. The molecule has 3 aromatic rings. The molecule has 2 nitrogen and oxygen atoms in total. The monoisotopic (exact) mass is 353 g/mol. The van der Waals surface area contributed by atoms with Gasteiger partial charge in [-0.3, -0.25) is 9.19 Å². The van der Waals surface area contributed by atoms with Crippen molar-refractivity contribution in [2.75, 3.05) is 0 Å². The van der Waals surface area contributed by atoms with E-state index in [1.165, 1.54) is 6.07 Å². The van der Waals surface area contributed by atoms with Crippen LogP contribution in [0, 0.1) is 26.6 Å². The van der Waals surface area contributed by atoms with Crippen LogP contribution >= 0.6 is 0 Å². The normalized spacial score (nSPS) is 13.4. The van der Waals surface area contributed by atoms with Crippen LogP contribution in [0.2, 0.25) is 0 Å². The quantitative estimate of drug-likeness (QED) is 0.657. The summed E-state index contributed by atoms with van der Waals surface area (Å²) in [5, 5.41) is -0.650. The fourth-order valence-corrected chi connectivity index (χ4v) is 4.14. The van der Waals surface area contributed by atoms with Crippen molar-refractivity contribution in [2.45, 2.75) is 30.9 Å². The Hall–Kier alpha value is -2.33. The minimum Gasteiger partial charge on any atom is -0.259 e. The van der Waals surface area contributed by atoms with Crippen LogP contribution < -0.4 is 0 Å². The minimum atomic E-state index is -1.46. The summed E-state index contributed by atoms with van der Waals surface area (Å²) in [5.74, 6) is -0.363. The van der Waals surface area contributed by atoms with E-state index in [2.05, 4.69) is 4.98 Å². The van der Waals surface area contributed by atoms with Crippen molar-refractivity contribution in [2.24, 2.45) is 0 Å². The molecule has 0 saturated heterocycles. The second kappa shape index (κ2) is 7.28. The highest BCUT2D eigenvalue weighted by molar-refractivity contribution is 7.85. The number of benzene rings is 2. The fraction of sp³-hybridized carbons (Fsp3) is 0.190. The van der Waals surface area contributed by atoms with Crippen molar-refractivity contribution in [3.8, 4) is 0 Å². The van der Waals surface area contributed by atoms with Gasteiger partial charge in [-0.2, -0.15) is 0 Å². The van der Waals surface area contributed by atoms with Gasteiger partial charge in [-0.1, -0.05) is 41.5 Å². The van der Waals surface area contributed by atoms with Crippen LogP contribution in [0.3, 0.4) is 0 Å². The Bertz CT molecular complexity index is 904. The maximum absolute atomic E-state index is 14.6. The van der Waals surface area contributed by atoms with Gasteiger partial charge in [0, 0.05) is 16.7 Å². The van der Waals surface area contributed by atoms with E-state index in [0.29, 0.717) is 16.2 Å². The Labute approximate surface area is 150 Å². The van der Waals surface area contributed by atoms with Crippen molar-refractivity contribution >= 4 is 10.8 Å². The van der Waals surface area contributed by atoms with Gasteiger partial charge in [0.05, 0.1) is 16.5 Å². The molecule has 2 atom stereocenters. The Morgan fingerprint density at radius 2 is 1.52 bits per heavy atom. The molecule has 2 aromatic carbocycles. The summed E-state index contributed by atoms with van der Waals surface area (Å²) < 4.78 is 27.9. The molecule has 0 spiro atoms. The first-order valence-corrected chi connectivity index (χ1v) is 9.33. The summed E-state index contributed by atoms with van der Waals surface area (Å²) in [6.07, 6.45) is 1.72. The van der Waals surface area contributed by atoms with E-state index in [1.807, 2.05) is 57.2 Å². The van der Waals surface area contributed by atoms with Gasteiger partial charge < -0.3 is 0 Å². The van der Waals surface area contributed by atoms with Gasteiger partial charge in [0.25, 0.3) is 0 Å². The molecule has 0 aliphatic rings. The van der Waals surface area contributed by atoms with E-state index >= 15 is 0 Å². The predicted octanol–water partition coefficient (Wildman–Crippen LogP) is 5.04. The maximum Gasteiger partial charge on any atom is 0.128 e. The smallest absolute Gasteiger partial charge is 0.128 e. The van der Waals surface area contributed by atoms with Crippen molar-refractivity contribution in [3.63, 3.8) is 0 Å². The third-order valence-corrected chi connectivity index (χ3v) is 5.76. The first kappa shape index (κ1) is 17.5. The number of hydrogen-bond donors (Lipinski definition) is 0. The molecule has 0 bridgehead atoms. The van der Waals surface area contributed by atoms with Crippen molar-refractivity contribution in [3.05, 3.63) is 94.6 Å². The number of nitrogens with zero attached hydrogens (tertiary/aromatic N) is 1. The molecule has 2 unspecified atom stereocenters. The van der Waals surface area contributed by atoms with Gasteiger partial charge in [0.2, 0.25) is 0 Å². The molecule has 0 N–H and O–H groups in total. The van der Waals surface area contributed by atoms with Gasteiger partial charge in [0.15, 0.2) is 0 Å². The number of hydrogen-bond acceptors (Lipinski definition) is 2. The first-order valence-electron chi connectivity index (χ1n) is 8.11. The number of halogens is 1. The average Bonchev–Trinajstić information content (AvgIpc) is 2.60. The zero-order chi connectivity index (χ0) is 18.0. The average molecular weight is 353 g/mol. The van der Waals surface area contributed by atoms with E-state index in [1.54, 1.807) is 18.3 Å².